The van der Waals surface area contributed by atoms with Crippen molar-refractivity contribution in [2.45, 2.75) is 52.0 Å². The summed E-state index contributed by atoms with van der Waals surface area (Å²) in [6.45, 7) is 4.66. The Hall–Kier alpha value is -0.600. The number of rotatable bonds is 5. The summed E-state index contributed by atoms with van der Waals surface area (Å²) in [6, 6.07) is 5.17. The van der Waals surface area contributed by atoms with Gasteiger partial charge in [0.25, 0.3) is 0 Å². The maximum atomic E-state index is 13.1. The number of likely N-dealkylation sites (N-methyl/N-ethyl adjacent to an activating group) is 1. The van der Waals surface area contributed by atoms with Crippen LogP contribution >= 0.6 is 11.6 Å². The van der Waals surface area contributed by atoms with Crippen LogP contribution in [0, 0.1) is 23.6 Å². The zero-order valence-corrected chi connectivity index (χ0v) is 14.1. The summed E-state index contributed by atoms with van der Waals surface area (Å²) >= 11 is 6.17. The van der Waals surface area contributed by atoms with Crippen LogP contribution in [-0.4, -0.2) is 13.1 Å². The van der Waals surface area contributed by atoms with Gasteiger partial charge in [-0.05, 0) is 74.6 Å². The lowest BCUT2D eigenvalue weighted by atomic mass is 9.73. The van der Waals surface area contributed by atoms with Crippen LogP contribution in [-0.2, 0) is 6.42 Å². The van der Waals surface area contributed by atoms with Gasteiger partial charge >= 0.3 is 0 Å². The maximum Gasteiger partial charge on any atom is 0.124 e. The second-order valence-electron chi connectivity index (χ2n) is 6.75. The molecule has 21 heavy (non-hydrogen) atoms. The van der Waals surface area contributed by atoms with Crippen molar-refractivity contribution in [3.8, 4) is 0 Å². The van der Waals surface area contributed by atoms with Crippen LogP contribution in [0.4, 0.5) is 4.39 Å². The molecule has 1 unspecified atom stereocenters. The molecule has 1 aliphatic carbocycles. The van der Waals surface area contributed by atoms with Gasteiger partial charge in [-0.15, -0.1) is 0 Å². The van der Waals surface area contributed by atoms with Crippen molar-refractivity contribution < 1.29 is 4.39 Å². The molecule has 0 amide bonds. The van der Waals surface area contributed by atoms with E-state index in [1.54, 1.807) is 0 Å². The summed E-state index contributed by atoms with van der Waals surface area (Å²) in [4.78, 5) is 0. The number of hydrogen-bond acceptors (Lipinski definition) is 1. The average Bonchev–Trinajstić information content (AvgIpc) is 2.47. The molecule has 0 bridgehead atoms. The standard InChI is InChI=1S/C18H27ClFN/c1-12(2)13-4-6-14(7-5-13)18(21-3)10-15-8-9-16(20)11-17(15)19/h8-9,11-14,18,21H,4-7,10H2,1-3H3. The van der Waals surface area contributed by atoms with Crippen molar-refractivity contribution in [3.05, 3.63) is 34.6 Å². The monoisotopic (exact) mass is 311 g/mol. The topological polar surface area (TPSA) is 12.0 Å². The van der Waals surface area contributed by atoms with E-state index in [1.807, 2.05) is 13.1 Å². The molecule has 0 spiro atoms. The zero-order chi connectivity index (χ0) is 15.4. The van der Waals surface area contributed by atoms with Gasteiger partial charge in [0.05, 0.1) is 0 Å². The summed E-state index contributed by atoms with van der Waals surface area (Å²) in [5, 5.41) is 4.00. The Labute approximate surface area is 133 Å². The Balaban J connectivity index is 1.97. The van der Waals surface area contributed by atoms with Gasteiger partial charge in [0.2, 0.25) is 0 Å². The molecule has 2 rings (SSSR count). The SMILES string of the molecule is CNC(Cc1ccc(F)cc1Cl)C1CCC(C(C)C)CC1. The van der Waals surface area contributed by atoms with E-state index in [2.05, 4.69) is 19.2 Å². The first-order valence-corrected chi connectivity index (χ1v) is 8.50. The molecule has 1 aromatic rings. The van der Waals surface area contributed by atoms with Crippen LogP contribution < -0.4 is 5.32 Å². The molecule has 118 valence electrons. The minimum Gasteiger partial charge on any atom is -0.316 e. The summed E-state index contributed by atoms with van der Waals surface area (Å²) in [7, 11) is 2.02. The van der Waals surface area contributed by atoms with E-state index in [0.29, 0.717) is 17.0 Å². The van der Waals surface area contributed by atoms with Crippen LogP contribution in [0.1, 0.15) is 45.1 Å². The first-order chi connectivity index (χ1) is 10.0. The van der Waals surface area contributed by atoms with Crippen LogP contribution in [0.25, 0.3) is 0 Å². The van der Waals surface area contributed by atoms with E-state index in [9.17, 15) is 4.39 Å². The molecule has 1 N–H and O–H groups in total. The molecule has 1 aromatic carbocycles. The van der Waals surface area contributed by atoms with Crippen molar-refractivity contribution in [1.82, 2.24) is 5.32 Å². The summed E-state index contributed by atoms with van der Waals surface area (Å²) in [5.74, 6) is 2.12. The quantitative estimate of drug-likeness (QED) is 0.800. The number of nitrogens with one attached hydrogen (secondary N) is 1. The normalized spacial score (nSPS) is 24.3. The third-order valence-corrected chi connectivity index (χ3v) is 5.51. The summed E-state index contributed by atoms with van der Waals surface area (Å²) in [5.41, 5.74) is 1.04. The molecule has 1 aliphatic rings. The lowest BCUT2D eigenvalue weighted by Crippen LogP contribution is -2.38. The smallest absolute Gasteiger partial charge is 0.124 e. The predicted molar refractivity (Wildman–Crippen MR) is 88.2 cm³/mol. The molecule has 1 nitrogen and oxygen atoms in total. The molecular weight excluding hydrogens is 285 g/mol. The van der Waals surface area contributed by atoms with Gasteiger partial charge in [-0.25, -0.2) is 4.39 Å². The first-order valence-electron chi connectivity index (χ1n) is 8.12. The predicted octanol–water partition coefficient (Wildman–Crippen LogP) is 5.07. The summed E-state index contributed by atoms with van der Waals surface area (Å²) < 4.78 is 13.1. The molecule has 1 saturated carbocycles. The first kappa shape index (κ1) is 16.8. The molecule has 0 heterocycles. The van der Waals surface area contributed by atoms with Crippen molar-refractivity contribution in [2.75, 3.05) is 7.05 Å². The minimum atomic E-state index is -0.262. The molecule has 0 aliphatic heterocycles. The van der Waals surface area contributed by atoms with Crippen LogP contribution in [0.15, 0.2) is 18.2 Å². The van der Waals surface area contributed by atoms with Crippen LogP contribution in [0.2, 0.25) is 5.02 Å². The third kappa shape index (κ3) is 4.43. The highest BCUT2D eigenvalue weighted by molar-refractivity contribution is 6.31. The van der Waals surface area contributed by atoms with Crippen molar-refractivity contribution >= 4 is 11.6 Å². The van der Waals surface area contributed by atoms with Gasteiger partial charge in [-0.1, -0.05) is 31.5 Å². The molecule has 0 radical (unpaired) electrons. The molecule has 1 fully saturated rings. The summed E-state index contributed by atoms with van der Waals surface area (Å²) in [6.07, 6.45) is 6.11. The lowest BCUT2D eigenvalue weighted by Gasteiger charge is -2.35. The fraction of sp³-hybridized carbons (Fsp3) is 0.667. The Kier molecular flexibility index (Phi) is 6.07. The second-order valence-corrected chi connectivity index (χ2v) is 7.16. The average molecular weight is 312 g/mol. The van der Waals surface area contributed by atoms with Crippen molar-refractivity contribution in [2.24, 2.45) is 17.8 Å². The highest BCUT2D eigenvalue weighted by Gasteiger charge is 2.28. The van der Waals surface area contributed by atoms with Crippen molar-refractivity contribution in [3.63, 3.8) is 0 Å². The molecule has 1 atom stereocenters. The lowest BCUT2D eigenvalue weighted by molar-refractivity contribution is 0.191. The van der Waals surface area contributed by atoms with Crippen LogP contribution in [0.3, 0.4) is 0 Å². The van der Waals surface area contributed by atoms with E-state index in [1.165, 1.54) is 37.8 Å². The maximum absolute atomic E-state index is 13.1. The van der Waals surface area contributed by atoms with E-state index >= 15 is 0 Å². The highest BCUT2D eigenvalue weighted by atomic mass is 35.5. The minimum absolute atomic E-state index is 0.262. The number of halogens is 2. The molecule has 0 saturated heterocycles. The fourth-order valence-corrected chi connectivity index (χ4v) is 3.89. The Morgan fingerprint density at radius 1 is 1.19 bits per heavy atom. The largest absolute Gasteiger partial charge is 0.316 e. The number of benzene rings is 1. The third-order valence-electron chi connectivity index (χ3n) is 5.15. The Bertz CT molecular complexity index is 453. The van der Waals surface area contributed by atoms with Gasteiger partial charge in [-0.2, -0.15) is 0 Å². The van der Waals surface area contributed by atoms with Gasteiger partial charge in [0.15, 0.2) is 0 Å². The highest BCUT2D eigenvalue weighted by Crippen LogP contribution is 2.35. The van der Waals surface area contributed by atoms with Gasteiger partial charge in [0.1, 0.15) is 5.82 Å². The molecular formula is C18H27ClFN. The zero-order valence-electron chi connectivity index (χ0n) is 13.3. The van der Waals surface area contributed by atoms with Gasteiger partial charge in [-0.3, -0.25) is 0 Å². The van der Waals surface area contributed by atoms with E-state index in [0.717, 1.165) is 23.8 Å². The number of hydrogen-bond donors (Lipinski definition) is 1. The van der Waals surface area contributed by atoms with Gasteiger partial charge in [0, 0.05) is 11.1 Å². The van der Waals surface area contributed by atoms with E-state index < -0.39 is 0 Å². The van der Waals surface area contributed by atoms with E-state index in [-0.39, 0.29) is 5.82 Å². The van der Waals surface area contributed by atoms with Gasteiger partial charge < -0.3 is 5.32 Å². The van der Waals surface area contributed by atoms with Crippen LogP contribution in [0.5, 0.6) is 0 Å². The van der Waals surface area contributed by atoms with Crippen molar-refractivity contribution in [1.29, 1.82) is 0 Å². The van der Waals surface area contributed by atoms with E-state index in [4.69, 9.17) is 11.6 Å². The Morgan fingerprint density at radius 2 is 1.81 bits per heavy atom. The Morgan fingerprint density at radius 3 is 2.33 bits per heavy atom. The fourth-order valence-electron chi connectivity index (χ4n) is 3.64. The molecule has 0 aromatic heterocycles. The second kappa shape index (κ2) is 7.60. The molecule has 3 heteroatoms.